The fraction of sp³-hybridized carbons (Fsp3) is 0.333. The lowest BCUT2D eigenvalue weighted by atomic mass is 10.1. The topological polar surface area (TPSA) is 47.9 Å². The summed E-state index contributed by atoms with van der Waals surface area (Å²) in [4.78, 5) is 14.6. The Bertz CT molecular complexity index is 770. The number of nitrogens with zero attached hydrogens (tertiary/aromatic N) is 3. The number of hydrazone groups is 1. The van der Waals surface area contributed by atoms with Gasteiger partial charge in [0, 0.05) is 49.6 Å². The molecule has 1 amide bonds. The molecule has 2 aromatic carbocycles. The number of para-hydroxylation sites is 1. The number of benzene rings is 2. The van der Waals surface area contributed by atoms with E-state index in [2.05, 4.69) is 34.4 Å². The average Bonchev–Trinajstić information content (AvgIpc) is 3.12. The van der Waals surface area contributed by atoms with Crippen LogP contribution in [0.5, 0.6) is 0 Å². The maximum atomic E-state index is 12.4. The number of amides is 1. The van der Waals surface area contributed by atoms with E-state index in [1.54, 1.807) is 0 Å². The van der Waals surface area contributed by atoms with Crippen molar-refractivity contribution in [2.24, 2.45) is 5.10 Å². The minimum atomic E-state index is -0.0500. The SMILES string of the molecule is CC1=NN(c2ccc(C(=O)NCC(C)N(C)c3ccccc3)cc2)CC1. The van der Waals surface area contributed by atoms with Crippen LogP contribution < -0.4 is 15.2 Å². The maximum Gasteiger partial charge on any atom is 0.251 e. The van der Waals surface area contributed by atoms with Crippen molar-refractivity contribution in [3.8, 4) is 0 Å². The van der Waals surface area contributed by atoms with E-state index in [1.807, 2.05) is 61.4 Å². The van der Waals surface area contributed by atoms with Gasteiger partial charge in [-0.05, 0) is 50.2 Å². The van der Waals surface area contributed by atoms with Gasteiger partial charge in [-0.2, -0.15) is 5.10 Å². The number of carbonyl (C=O) groups excluding carboxylic acids is 1. The molecule has 0 spiro atoms. The van der Waals surface area contributed by atoms with Gasteiger partial charge in [-0.15, -0.1) is 0 Å². The normalized spacial score (nSPS) is 14.7. The van der Waals surface area contributed by atoms with Gasteiger partial charge in [0.15, 0.2) is 0 Å². The van der Waals surface area contributed by atoms with Gasteiger partial charge in [0.1, 0.15) is 0 Å². The van der Waals surface area contributed by atoms with E-state index in [0.29, 0.717) is 12.1 Å². The fourth-order valence-electron chi connectivity index (χ4n) is 2.94. The van der Waals surface area contributed by atoms with E-state index < -0.39 is 0 Å². The van der Waals surface area contributed by atoms with Crippen molar-refractivity contribution in [1.29, 1.82) is 0 Å². The summed E-state index contributed by atoms with van der Waals surface area (Å²) in [6, 6.07) is 18.0. The molecule has 136 valence electrons. The van der Waals surface area contributed by atoms with Crippen molar-refractivity contribution >= 4 is 23.0 Å². The highest BCUT2D eigenvalue weighted by Crippen LogP contribution is 2.20. The Balaban J connectivity index is 1.55. The molecule has 1 heterocycles. The Labute approximate surface area is 155 Å². The van der Waals surface area contributed by atoms with Crippen molar-refractivity contribution in [3.05, 3.63) is 60.2 Å². The van der Waals surface area contributed by atoms with E-state index in [9.17, 15) is 4.79 Å². The number of hydrogen-bond donors (Lipinski definition) is 1. The first-order chi connectivity index (χ1) is 12.5. The smallest absolute Gasteiger partial charge is 0.251 e. The zero-order valence-electron chi connectivity index (χ0n) is 15.6. The van der Waals surface area contributed by atoms with Crippen LogP contribution in [0.3, 0.4) is 0 Å². The number of anilines is 2. The third-order valence-electron chi connectivity index (χ3n) is 4.79. The van der Waals surface area contributed by atoms with Crippen LogP contribution in [0, 0.1) is 0 Å². The van der Waals surface area contributed by atoms with Crippen LogP contribution in [-0.4, -0.2) is 37.8 Å². The van der Waals surface area contributed by atoms with Gasteiger partial charge in [0.25, 0.3) is 5.91 Å². The zero-order valence-corrected chi connectivity index (χ0v) is 15.6. The predicted octanol–water partition coefficient (Wildman–Crippen LogP) is 3.53. The fourth-order valence-corrected chi connectivity index (χ4v) is 2.94. The summed E-state index contributed by atoms with van der Waals surface area (Å²) in [7, 11) is 2.04. The second-order valence-corrected chi connectivity index (χ2v) is 6.76. The van der Waals surface area contributed by atoms with Crippen molar-refractivity contribution in [2.45, 2.75) is 26.3 Å². The average molecular weight is 350 g/mol. The highest BCUT2D eigenvalue weighted by molar-refractivity contribution is 5.94. The van der Waals surface area contributed by atoms with Gasteiger partial charge in [-0.1, -0.05) is 18.2 Å². The van der Waals surface area contributed by atoms with Crippen LogP contribution >= 0.6 is 0 Å². The molecule has 0 saturated heterocycles. The first-order valence-corrected chi connectivity index (χ1v) is 9.02. The molecule has 2 aromatic rings. The van der Waals surface area contributed by atoms with Gasteiger partial charge in [-0.3, -0.25) is 9.80 Å². The lowest BCUT2D eigenvalue weighted by Crippen LogP contribution is -2.40. The van der Waals surface area contributed by atoms with Gasteiger partial charge >= 0.3 is 0 Å². The highest BCUT2D eigenvalue weighted by Gasteiger charge is 2.15. The Morgan fingerprint density at radius 1 is 1.19 bits per heavy atom. The van der Waals surface area contributed by atoms with Crippen LogP contribution in [0.25, 0.3) is 0 Å². The van der Waals surface area contributed by atoms with E-state index in [-0.39, 0.29) is 11.9 Å². The molecule has 0 fully saturated rings. The molecule has 0 aromatic heterocycles. The zero-order chi connectivity index (χ0) is 18.5. The largest absolute Gasteiger partial charge is 0.370 e. The molecule has 1 unspecified atom stereocenters. The highest BCUT2D eigenvalue weighted by atomic mass is 16.1. The lowest BCUT2D eigenvalue weighted by Gasteiger charge is -2.27. The molecule has 1 aliphatic heterocycles. The number of carbonyl (C=O) groups is 1. The van der Waals surface area contributed by atoms with Crippen molar-refractivity contribution in [1.82, 2.24) is 5.32 Å². The summed E-state index contributed by atoms with van der Waals surface area (Å²) in [5, 5.41) is 9.49. The van der Waals surface area contributed by atoms with Crippen LogP contribution in [-0.2, 0) is 0 Å². The minimum absolute atomic E-state index is 0.0500. The summed E-state index contributed by atoms with van der Waals surface area (Å²) in [5.41, 5.74) is 3.97. The number of nitrogens with one attached hydrogen (secondary N) is 1. The molecule has 0 bridgehead atoms. The third kappa shape index (κ3) is 4.23. The van der Waals surface area contributed by atoms with E-state index >= 15 is 0 Å². The first kappa shape index (κ1) is 18.0. The standard InChI is InChI=1S/C21H26N4O/c1-16-13-14-25(23-16)20-11-9-18(10-12-20)21(26)22-15-17(2)24(3)19-7-5-4-6-8-19/h4-12,17H,13-15H2,1-3H3,(H,22,26). The molecule has 5 nitrogen and oxygen atoms in total. The lowest BCUT2D eigenvalue weighted by molar-refractivity contribution is 0.0951. The summed E-state index contributed by atoms with van der Waals surface area (Å²) < 4.78 is 0. The van der Waals surface area contributed by atoms with Crippen LogP contribution in [0.15, 0.2) is 59.7 Å². The molecule has 3 rings (SSSR count). The monoisotopic (exact) mass is 350 g/mol. The van der Waals surface area contributed by atoms with Gasteiger partial charge in [0.05, 0.1) is 5.69 Å². The molecule has 0 saturated carbocycles. The molecular formula is C21H26N4O. The van der Waals surface area contributed by atoms with Gasteiger partial charge in [0.2, 0.25) is 0 Å². The maximum absolute atomic E-state index is 12.4. The Kier molecular flexibility index (Phi) is 5.56. The third-order valence-corrected chi connectivity index (χ3v) is 4.79. The summed E-state index contributed by atoms with van der Waals surface area (Å²) >= 11 is 0. The van der Waals surface area contributed by atoms with Crippen LogP contribution in [0.2, 0.25) is 0 Å². The predicted molar refractivity (Wildman–Crippen MR) is 108 cm³/mol. The second-order valence-electron chi connectivity index (χ2n) is 6.76. The molecule has 1 aliphatic rings. The summed E-state index contributed by atoms with van der Waals surface area (Å²) in [5.74, 6) is -0.0500. The van der Waals surface area contributed by atoms with Crippen molar-refractivity contribution in [3.63, 3.8) is 0 Å². The Morgan fingerprint density at radius 2 is 1.88 bits per heavy atom. The van der Waals surface area contributed by atoms with Crippen LogP contribution in [0.4, 0.5) is 11.4 Å². The minimum Gasteiger partial charge on any atom is -0.370 e. The molecular weight excluding hydrogens is 324 g/mol. The summed E-state index contributed by atoms with van der Waals surface area (Å²) in [6.07, 6.45) is 0.995. The molecule has 26 heavy (non-hydrogen) atoms. The van der Waals surface area contributed by atoms with Crippen molar-refractivity contribution in [2.75, 3.05) is 30.0 Å². The van der Waals surface area contributed by atoms with Crippen LogP contribution in [0.1, 0.15) is 30.6 Å². The number of rotatable bonds is 6. The molecule has 5 heteroatoms. The van der Waals surface area contributed by atoms with Gasteiger partial charge in [-0.25, -0.2) is 0 Å². The number of likely N-dealkylation sites (N-methyl/N-ethyl adjacent to an activating group) is 1. The molecule has 1 atom stereocenters. The molecule has 0 radical (unpaired) electrons. The Hall–Kier alpha value is -2.82. The summed E-state index contributed by atoms with van der Waals surface area (Å²) in [6.45, 7) is 5.63. The van der Waals surface area contributed by atoms with E-state index in [0.717, 1.165) is 30.1 Å². The van der Waals surface area contributed by atoms with Crippen molar-refractivity contribution < 1.29 is 4.79 Å². The van der Waals surface area contributed by atoms with E-state index in [1.165, 1.54) is 0 Å². The quantitative estimate of drug-likeness (QED) is 0.867. The van der Waals surface area contributed by atoms with E-state index in [4.69, 9.17) is 0 Å². The number of hydrogen-bond acceptors (Lipinski definition) is 4. The van der Waals surface area contributed by atoms with Gasteiger partial charge < -0.3 is 10.2 Å². The second kappa shape index (κ2) is 8.04. The first-order valence-electron chi connectivity index (χ1n) is 9.02. The molecule has 1 N–H and O–H groups in total. The molecule has 0 aliphatic carbocycles. The Morgan fingerprint density at radius 3 is 2.50 bits per heavy atom.